The van der Waals surface area contributed by atoms with Crippen molar-refractivity contribution in [2.45, 2.75) is 17.6 Å². The monoisotopic (exact) mass is 558 g/mol. The normalized spacial score (nSPS) is 16.2. The van der Waals surface area contributed by atoms with Crippen molar-refractivity contribution in [1.29, 1.82) is 0 Å². The van der Waals surface area contributed by atoms with Crippen LogP contribution in [0.1, 0.15) is 17.2 Å². The van der Waals surface area contributed by atoms with Gasteiger partial charge >= 0.3 is 0 Å². The zero-order valence-electron chi connectivity index (χ0n) is 19.0. The number of hydrogen-bond acceptors (Lipinski definition) is 4. The van der Waals surface area contributed by atoms with Gasteiger partial charge in [0.25, 0.3) is 0 Å². The lowest BCUT2D eigenvalue weighted by molar-refractivity contribution is 0.00546. The van der Waals surface area contributed by atoms with Crippen LogP contribution in [0.4, 0.5) is 13.2 Å². The van der Waals surface area contributed by atoms with Crippen LogP contribution in [-0.4, -0.2) is 50.3 Å². The maximum Gasteiger partial charge on any atom is 0.246 e. The fourth-order valence-electron chi connectivity index (χ4n) is 4.00. The molecule has 4 rings (SSSR count). The van der Waals surface area contributed by atoms with E-state index in [4.69, 9.17) is 27.9 Å². The van der Waals surface area contributed by atoms with Crippen molar-refractivity contribution < 1.29 is 26.3 Å². The van der Waals surface area contributed by atoms with Crippen molar-refractivity contribution in [1.82, 2.24) is 9.21 Å². The standard InChI is InChI=1S/C25H23Cl2F3N2O3S/c26-18-9-7-17(8-10-18)23(35-16-19-21(28)4-2-5-22(19)29)15-31-11-13-32(14-12-31)36(33,34)24-6-1-3-20(27)25(24)30/h1-10,23H,11-16H2. The summed E-state index contributed by atoms with van der Waals surface area (Å²) in [6, 6.07) is 14.4. The number of sulfonamides is 1. The molecule has 0 radical (unpaired) electrons. The van der Waals surface area contributed by atoms with Gasteiger partial charge in [0.1, 0.15) is 16.5 Å². The average molecular weight is 559 g/mol. The van der Waals surface area contributed by atoms with Gasteiger partial charge in [0.2, 0.25) is 10.0 Å². The Morgan fingerprint density at radius 2 is 1.47 bits per heavy atom. The molecular weight excluding hydrogens is 536 g/mol. The molecule has 0 saturated carbocycles. The van der Waals surface area contributed by atoms with E-state index in [1.165, 1.54) is 40.7 Å². The number of rotatable bonds is 8. The second-order valence-corrected chi connectivity index (χ2v) is 11.1. The maximum atomic E-state index is 14.4. The Bertz CT molecular complexity index is 1300. The summed E-state index contributed by atoms with van der Waals surface area (Å²) in [5.41, 5.74) is 0.586. The molecule has 192 valence electrons. The second-order valence-electron chi connectivity index (χ2n) is 8.31. The number of nitrogens with zero attached hydrogens (tertiary/aromatic N) is 2. The van der Waals surface area contributed by atoms with Crippen LogP contribution in [0.3, 0.4) is 0 Å². The van der Waals surface area contributed by atoms with E-state index in [1.54, 1.807) is 24.3 Å². The highest BCUT2D eigenvalue weighted by atomic mass is 35.5. The molecule has 0 bridgehead atoms. The van der Waals surface area contributed by atoms with Gasteiger partial charge in [0.05, 0.1) is 17.7 Å². The summed E-state index contributed by atoms with van der Waals surface area (Å²) in [6.45, 7) is 1.02. The van der Waals surface area contributed by atoms with E-state index in [0.29, 0.717) is 24.7 Å². The van der Waals surface area contributed by atoms with Crippen molar-refractivity contribution in [3.63, 3.8) is 0 Å². The van der Waals surface area contributed by atoms with Crippen LogP contribution in [0.15, 0.2) is 65.6 Å². The van der Waals surface area contributed by atoms with Crippen LogP contribution in [0.5, 0.6) is 0 Å². The highest BCUT2D eigenvalue weighted by Gasteiger charge is 2.32. The van der Waals surface area contributed by atoms with Gasteiger partial charge in [-0.25, -0.2) is 21.6 Å². The van der Waals surface area contributed by atoms with Gasteiger partial charge < -0.3 is 4.74 Å². The lowest BCUT2D eigenvalue weighted by atomic mass is 10.1. The zero-order valence-corrected chi connectivity index (χ0v) is 21.3. The van der Waals surface area contributed by atoms with E-state index in [-0.39, 0.29) is 30.3 Å². The predicted octanol–water partition coefficient (Wildman–Crippen LogP) is 5.68. The number of hydrogen-bond donors (Lipinski definition) is 0. The van der Waals surface area contributed by atoms with Gasteiger partial charge in [-0.05, 0) is 42.0 Å². The molecule has 1 fully saturated rings. The molecule has 1 saturated heterocycles. The molecule has 1 atom stereocenters. The van der Waals surface area contributed by atoms with Crippen molar-refractivity contribution in [2.24, 2.45) is 0 Å². The average Bonchev–Trinajstić information content (AvgIpc) is 2.85. The molecule has 1 heterocycles. The smallest absolute Gasteiger partial charge is 0.246 e. The largest absolute Gasteiger partial charge is 0.367 e. The van der Waals surface area contributed by atoms with Crippen LogP contribution in [-0.2, 0) is 21.4 Å². The van der Waals surface area contributed by atoms with E-state index in [1.807, 2.05) is 4.90 Å². The third kappa shape index (κ3) is 6.04. The molecule has 0 aromatic heterocycles. The van der Waals surface area contributed by atoms with Crippen LogP contribution < -0.4 is 0 Å². The van der Waals surface area contributed by atoms with Crippen molar-refractivity contribution in [2.75, 3.05) is 32.7 Å². The van der Waals surface area contributed by atoms with Gasteiger partial charge in [-0.2, -0.15) is 4.31 Å². The highest BCUT2D eigenvalue weighted by Crippen LogP contribution is 2.27. The van der Waals surface area contributed by atoms with E-state index in [2.05, 4.69) is 0 Å². The summed E-state index contributed by atoms with van der Waals surface area (Å²) in [4.78, 5) is 1.52. The molecular formula is C25H23Cl2F3N2O3S. The minimum absolute atomic E-state index is 0.129. The number of ether oxygens (including phenoxy) is 1. The minimum Gasteiger partial charge on any atom is -0.367 e. The Labute approximate surface area is 218 Å². The Hall–Kier alpha value is -2.14. The number of piperazine rings is 1. The van der Waals surface area contributed by atoms with Crippen LogP contribution >= 0.6 is 23.2 Å². The van der Waals surface area contributed by atoms with E-state index >= 15 is 0 Å². The molecule has 5 nitrogen and oxygen atoms in total. The predicted molar refractivity (Wildman–Crippen MR) is 132 cm³/mol. The quantitative estimate of drug-likeness (QED) is 0.357. The van der Waals surface area contributed by atoms with Crippen molar-refractivity contribution in [3.8, 4) is 0 Å². The zero-order chi connectivity index (χ0) is 25.9. The molecule has 0 amide bonds. The summed E-state index contributed by atoms with van der Waals surface area (Å²) < 4.78 is 75.7. The first-order valence-corrected chi connectivity index (χ1v) is 13.3. The summed E-state index contributed by atoms with van der Waals surface area (Å²) >= 11 is 11.8. The lowest BCUT2D eigenvalue weighted by Crippen LogP contribution is -2.49. The number of halogens is 5. The van der Waals surface area contributed by atoms with Crippen LogP contribution in [0.25, 0.3) is 0 Å². The van der Waals surface area contributed by atoms with Crippen LogP contribution in [0, 0.1) is 17.5 Å². The van der Waals surface area contributed by atoms with Crippen molar-refractivity contribution in [3.05, 3.63) is 99.3 Å². The van der Waals surface area contributed by atoms with Gasteiger partial charge in [-0.15, -0.1) is 0 Å². The maximum absolute atomic E-state index is 14.4. The molecule has 1 aliphatic rings. The third-order valence-electron chi connectivity index (χ3n) is 6.02. The molecule has 0 aliphatic carbocycles. The Morgan fingerprint density at radius 1 is 0.861 bits per heavy atom. The lowest BCUT2D eigenvalue weighted by Gasteiger charge is -2.36. The fraction of sp³-hybridized carbons (Fsp3) is 0.280. The summed E-state index contributed by atoms with van der Waals surface area (Å²) in [6.07, 6.45) is -0.560. The summed E-state index contributed by atoms with van der Waals surface area (Å²) in [7, 11) is -4.06. The van der Waals surface area contributed by atoms with Gasteiger partial charge in [0.15, 0.2) is 5.82 Å². The van der Waals surface area contributed by atoms with Gasteiger partial charge in [0, 0.05) is 43.3 Å². The number of benzene rings is 3. The Kier molecular flexibility index (Phi) is 8.59. The third-order valence-corrected chi connectivity index (χ3v) is 8.48. The molecule has 36 heavy (non-hydrogen) atoms. The van der Waals surface area contributed by atoms with Gasteiger partial charge in [-0.1, -0.05) is 47.5 Å². The van der Waals surface area contributed by atoms with E-state index in [0.717, 1.165) is 5.56 Å². The topological polar surface area (TPSA) is 49.9 Å². The summed E-state index contributed by atoms with van der Waals surface area (Å²) in [5, 5.41) is 0.272. The van der Waals surface area contributed by atoms with E-state index < -0.39 is 38.5 Å². The molecule has 0 N–H and O–H groups in total. The van der Waals surface area contributed by atoms with Crippen LogP contribution in [0.2, 0.25) is 10.0 Å². The highest BCUT2D eigenvalue weighted by molar-refractivity contribution is 7.89. The molecule has 3 aromatic carbocycles. The first-order chi connectivity index (χ1) is 17.2. The fourth-order valence-corrected chi connectivity index (χ4v) is 5.86. The SMILES string of the molecule is O=S(=O)(c1cccc(Cl)c1F)N1CCN(CC(OCc2c(F)cccc2F)c2ccc(Cl)cc2)CC1. The second kappa shape index (κ2) is 11.5. The van der Waals surface area contributed by atoms with Gasteiger partial charge in [-0.3, -0.25) is 4.90 Å². The first-order valence-electron chi connectivity index (χ1n) is 11.1. The molecule has 3 aromatic rings. The molecule has 0 spiro atoms. The Balaban J connectivity index is 1.46. The minimum atomic E-state index is -4.06. The molecule has 11 heteroatoms. The summed E-state index contributed by atoms with van der Waals surface area (Å²) in [5.74, 6) is -2.37. The Morgan fingerprint density at radius 3 is 2.11 bits per heavy atom. The van der Waals surface area contributed by atoms with E-state index in [9.17, 15) is 21.6 Å². The van der Waals surface area contributed by atoms with Crippen molar-refractivity contribution >= 4 is 33.2 Å². The molecule has 1 aliphatic heterocycles. The molecule has 1 unspecified atom stereocenters. The first kappa shape index (κ1) is 26.9.